The molecule has 7 N–H and O–H groups in total. The van der Waals surface area contributed by atoms with Gasteiger partial charge in [-0.1, -0.05) is 24.2 Å². The maximum atomic E-state index is 11.8. The number of aromatic nitrogens is 2. The molecule has 4 rings (SSSR count). The Morgan fingerprint density at radius 2 is 2.04 bits per heavy atom. The number of nitrogens with zero attached hydrogens (tertiary/aromatic N) is 1. The van der Waals surface area contributed by atoms with Crippen molar-refractivity contribution in [3.05, 3.63) is 45.6 Å². The molecule has 2 atom stereocenters. The molecule has 1 fully saturated rings. The van der Waals surface area contributed by atoms with Gasteiger partial charge >= 0.3 is 4.87 Å². The molecule has 1 amide bonds. The van der Waals surface area contributed by atoms with Gasteiger partial charge in [-0.3, -0.25) is 9.59 Å². The molecule has 0 bridgehead atoms. The topological polar surface area (TPSA) is 139 Å². The maximum Gasteiger partial charge on any atom is 0.305 e. The van der Waals surface area contributed by atoms with Gasteiger partial charge in [0.15, 0.2) is 0 Å². The number of hydrogen-bond donors (Lipinski definition) is 5. The van der Waals surface area contributed by atoms with Crippen LogP contribution in [0.1, 0.15) is 36.0 Å². The lowest BCUT2D eigenvalue weighted by Gasteiger charge is -2.29. The number of benzene rings is 1. The highest BCUT2D eigenvalue weighted by atomic mass is 32.1. The molecule has 1 aromatic carbocycles. The van der Waals surface area contributed by atoms with Crippen LogP contribution in [0.2, 0.25) is 0 Å². The summed E-state index contributed by atoms with van der Waals surface area (Å²) in [6, 6.07) is 9.09. The lowest BCUT2D eigenvalue weighted by atomic mass is 9.91. The molecule has 0 unspecified atom stereocenters. The fourth-order valence-corrected chi connectivity index (χ4v) is 4.30. The summed E-state index contributed by atoms with van der Waals surface area (Å²) in [4.78, 5) is 30.6. The number of rotatable bonds is 5. The number of H-pyrrole nitrogens is 1. The van der Waals surface area contributed by atoms with Crippen molar-refractivity contribution in [1.29, 1.82) is 0 Å². The van der Waals surface area contributed by atoms with E-state index in [-0.39, 0.29) is 17.0 Å². The molecule has 0 aliphatic heterocycles. The normalized spacial score (nSPS) is 19.5. The predicted molar refractivity (Wildman–Crippen MR) is 112 cm³/mol. The lowest BCUT2D eigenvalue weighted by molar-refractivity contribution is 0.100. The first-order valence-electron chi connectivity index (χ1n) is 9.22. The van der Waals surface area contributed by atoms with Crippen molar-refractivity contribution in [3.8, 4) is 0 Å². The van der Waals surface area contributed by atoms with Gasteiger partial charge in [0.2, 0.25) is 0 Å². The molecular weight excluding hydrogens is 376 g/mol. The Bertz CT molecular complexity index is 1080. The van der Waals surface area contributed by atoms with Gasteiger partial charge in [-0.25, -0.2) is 4.98 Å². The molecule has 3 aromatic rings. The number of anilines is 3. The second-order valence-corrected chi connectivity index (χ2v) is 8.02. The van der Waals surface area contributed by atoms with E-state index < -0.39 is 5.91 Å². The summed E-state index contributed by atoms with van der Waals surface area (Å²) < 4.78 is 0.818. The number of hydrogen-bond acceptors (Lipinski definition) is 7. The van der Waals surface area contributed by atoms with Gasteiger partial charge < -0.3 is 27.1 Å². The van der Waals surface area contributed by atoms with E-state index in [9.17, 15) is 9.59 Å². The Balaban J connectivity index is 1.63. The van der Waals surface area contributed by atoms with Crippen LogP contribution in [0.15, 0.2) is 35.1 Å². The summed E-state index contributed by atoms with van der Waals surface area (Å²) in [5.74, 6) is 0.439. The van der Waals surface area contributed by atoms with Crippen LogP contribution in [0.5, 0.6) is 0 Å². The molecule has 1 aliphatic rings. The van der Waals surface area contributed by atoms with Gasteiger partial charge in [-0.2, -0.15) is 0 Å². The van der Waals surface area contributed by atoms with Crippen LogP contribution < -0.4 is 27.0 Å². The monoisotopic (exact) mass is 398 g/mol. The average molecular weight is 398 g/mol. The summed E-state index contributed by atoms with van der Waals surface area (Å²) in [5, 5.41) is 6.54. The highest BCUT2D eigenvalue weighted by molar-refractivity contribution is 7.16. The number of aromatic amines is 1. The standard InChI is InChI=1S/C19H22N6O2S/c20-12-3-1-2-4-13(12)23-16-8-6-11(17(21)26)18(25-16)22-10-5-7-14-15(9-10)28-19(27)24-14/h5-9,12-13H,1-4,20H2,(H2,21,26)(H,24,27)(H2,22,23,25)/t12-,13+/m0/s1. The van der Waals surface area contributed by atoms with Crippen LogP contribution >= 0.6 is 11.3 Å². The quantitative estimate of drug-likeness (QED) is 0.447. The minimum atomic E-state index is -0.566. The number of carbonyl (C=O) groups is 1. The Hall–Kier alpha value is -2.91. The summed E-state index contributed by atoms with van der Waals surface area (Å²) in [6.07, 6.45) is 4.26. The Labute approximate surface area is 165 Å². The molecule has 2 aromatic heterocycles. The van der Waals surface area contributed by atoms with Crippen molar-refractivity contribution < 1.29 is 4.79 Å². The van der Waals surface area contributed by atoms with Gasteiger partial charge in [-0.15, -0.1) is 0 Å². The predicted octanol–water partition coefficient (Wildman–Crippen LogP) is 2.51. The Morgan fingerprint density at radius 3 is 2.82 bits per heavy atom. The van der Waals surface area contributed by atoms with Crippen LogP contribution in [0, 0.1) is 0 Å². The van der Waals surface area contributed by atoms with E-state index in [4.69, 9.17) is 11.5 Å². The van der Waals surface area contributed by atoms with E-state index in [0.29, 0.717) is 22.9 Å². The van der Waals surface area contributed by atoms with Crippen molar-refractivity contribution in [2.24, 2.45) is 11.5 Å². The summed E-state index contributed by atoms with van der Waals surface area (Å²) in [6.45, 7) is 0. The Kier molecular flexibility index (Phi) is 5.01. The molecule has 0 radical (unpaired) electrons. The lowest BCUT2D eigenvalue weighted by Crippen LogP contribution is -2.42. The van der Waals surface area contributed by atoms with Crippen molar-refractivity contribution >= 4 is 44.8 Å². The molecule has 0 spiro atoms. The molecule has 28 heavy (non-hydrogen) atoms. The maximum absolute atomic E-state index is 11.8. The molecule has 8 nitrogen and oxygen atoms in total. The first kappa shape index (κ1) is 18.5. The van der Waals surface area contributed by atoms with Gasteiger partial charge in [-0.05, 0) is 43.2 Å². The first-order chi connectivity index (χ1) is 13.5. The highest BCUT2D eigenvalue weighted by Crippen LogP contribution is 2.26. The molecule has 0 saturated heterocycles. The number of primary amides is 1. The van der Waals surface area contributed by atoms with Crippen LogP contribution in [0.4, 0.5) is 17.3 Å². The van der Waals surface area contributed by atoms with E-state index in [1.165, 1.54) is 0 Å². The van der Waals surface area contributed by atoms with Crippen LogP contribution in [0.25, 0.3) is 10.2 Å². The molecule has 146 valence electrons. The van der Waals surface area contributed by atoms with E-state index in [0.717, 1.165) is 47.2 Å². The van der Waals surface area contributed by atoms with Gasteiger partial charge in [0.05, 0.1) is 15.8 Å². The number of fused-ring (bicyclic) bond motifs is 1. The fourth-order valence-electron chi connectivity index (χ4n) is 3.52. The smallest absolute Gasteiger partial charge is 0.305 e. The Morgan fingerprint density at radius 1 is 1.21 bits per heavy atom. The number of thiazole rings is 1. The summed E-state index contributed by atoms with van der Waals surface area (Å²) >= 11 is 1.12. The van der Waals surface area contributed by atoms with Crippen LogP contribution in [-0.2, 0) is 0 Å². The van der Waals surface area contributed by atoms with Gasteiger partial charge in [0.25, 0.3) is 5.91 Å². The molecule has 2 heterocycles. The number of pyridine rings is 1. The second kappa shape index (κ2) is 7.61. The zero-order valence-corrected chi connectivity index (χ0v) is 16.0. The van der Waals surface area contributed by atoms with E-state index >= 15 is 0 Å². The van der Waals surface area contributed by atoms with Gasteiger partial charge in [0.1, 0.15) is 11.6 Å². The van der Waals surface area contributed by atoms with Crippen molar-refractivity contribution in [3.63, 3.8) is 0 Å². The van der Waals surface area contributed by atoms with Crippen LogP contribution in [0.3, 0.4) is 0 Å². The van der Waals surface area contributed by atoms with Crippen molar-refractivity contribution in [1.82, 2.24) is 9.97 Å². The third-order valence-corrected chi connectivity index (χ3v) is 5.84. The second-order valence-electron chi connectivity index (χ2n) is 7.01. The zero-order chi connectivity index (χ0) is 19.7. The van der Waals surface area contributed by atoms with Gasteiger partial charge in [0, 0.05) is 17.8 Å². The molecular formula is C19H22N6O2S. The average Bonchev–Trinajstić information content (AvgIpc) is 3.03. The largest absolute Gasteiger partial charge is 0.366 e. The molecule has 9 heteroatoms. The third-order valence-electron chi connectivity index (χ3n) is 5.00. The number of nitrogens with one attached hydrogen (secondary N) is 3. The number of carbonyl (C=O) groups excluding carboxylic acids is 1. The summed E-state index contributed by atoms with van der Waals surface area (Å²) in [7, 11) is 0. The highest BCUT2D eigenvalue weighted by Gasteiger charge is 2.22. The number of nitrogens with two attached hydrogens (primary N) is 2. The van der Waals surface area contributed by atoms with Crippen molar-refractivity contribution in [2.75, 3.05) is 10.6 Å². The van der Waals surface area contributed by atoms with E-state index in [2.05, 4.69) is 20.6 Å². The van der Waals surface area contributed by atoms with E-state index in [1.54, 1.807) is 12.1 Å². The minimum Gasteiger partial charge on any atom is -0.366 e. The zero-order valence-electron chi connectivity index (χ0n) is 15.2. The van der Waals surface area contributed by atoms with Crippen LogP contribution in [-0.4, -0.2) is 28.0 Å². The van der Waals surface area contributed by atoms with Crippen molar-refractivity contribution in [2.45, 2.75) is 37.8 Å². The third kappa shape index (κ3) is 3.85. The molecule has 1 saturated carbocycles. The fraction of sp³-hybridized carbons (Fsp3) is 0.316. The molecule has 1 aliphatic carbocycles. The van der Waals surface area contributed by atoms with E-state index in [1.807, 2.05) is 18.2 Å². The first-order valence-corrected chi connectivity index (χ1v) is 10.0. The SMILES string of the molecule is NC(=O)c1ccc(N[C@@H]2CCCC[C@@H]2N)nc1Nc1ccc2[nH]c(=O)sc2c1. The summed E-state index contributed by atoms with van der Waals surface area (Å²) in [5.41, 5.74) is 13.5. The number of amides is 1. The minimum absolute atomic E-state index is 0.0848.